The first-order valence-corrected chi connectivity index (χ1v) is 20.4. The molecule has 2 unspecified atom stereocenters. The van der Waals surface area contributed by atoms with Crippen molar-refractivity contribution in [2.24, 2.45) is 0 Å². The Morgan fingerprint density at radius 2 is 1.12 bits per heavy atom. The van der Waals surface area contributed by atoms with Crippen molar-refractivity contribution in [1.82, 2.24) is 0 Å². The van der Waals surface area contributed by atoms with E-state index in [1.807, 2.05) is 0 Å². The Balaban J connectivity index is 4.33. The number of hydrogen-bond acceptors (Lipinski definition) is 7. The van der Waals surface area contributed by atoms with Crippen molar-refractivity contribution < 1.29 is 38.2 Å². The molecule has 0 amide bonds. The van der Waals surface area contributed by atoms with Gasteiger partial charge in [0, 0.05) is 19.3 Å². The summed E-state index contributed by atoms with van der Waals surface area (Å²) in [6.07, 6.45) is 35.0. The van der Waals surface area contributed by atoms with Crippen LogP contribution in [0, 0.1) is 0 Å². The van der Waals surface area contributed by atoms with Gasteiger partial charge in [0.25, 0.3) is 0 Å². The number of carbonyl (C=O) groups is 3. The minimum Gasteiger partial charge on any atom is -0.544 e. The second-order valence-corrected chi connectivity index (χ2v) is 14.8. The summed E-state index contributed by atoms with van der Waals surface area (Å²) in [5.74, 6) is -1.78. The van der Waals surface area contributed by atoms with Crippen LogP contribution in [0.3, 0.4) is 0 Å². The van der Waals surface area contributed by atoms with Gasteiger partial charge in [-0.15, -0.1) is 0 Å². The topological polar surface area (TPSA) is 102 Å². The monoisotopic (exact) mass is 708 g/mol. The Morgan fingerprint density at radius 3 is 1.64 bits per heavy atom. The zero-order valence-electron chi connectivity index (χ0n) is 33.1. The molecule has 0 heterocycles. The number of carboxylic acids is 1. The minimum absolute atomic E-state index is 0.0340. The SMILES string of the molecule is CC/C=C/C/C=C/CCCCC(=O)OCC(COCCC(C(=O)[O-])[N+](C)(C)C)OC(=O)CCCCCCCCCCCCCCCCCCC. The molecule has 0 aromatic carbocycles. The molecule has 0 spiro atoms. The molecular formula is C42H77NO7. The Kier molecular flexibility index (Phi) is 32.4. The highest BCUT2D eigenvalue weighted by Gasteiger charge is 2.25. The Morgan fingerprint density at radius 1 is 0.620 bits per heavy atom. The van der Waals surface area contributed by atoms with Crippen LogP contribution < -0.4 is 5.11 Å². The van der Waals surface area contributed by atoms with Crippen LogP contribution in [0.15, 0.2) is 24.3 Å². The lowest BCUT2D eigenvalue weighted by Gasteiger charge is -2.34. The van der Waals surface area contributed by atoms with E-state index in [1.165, 1.54) is 89.9 Å². The normalized spacial score (nSPS) is 13.2. The third kappa shape index (κ3) is 31.8. The van der Waals surface area contributed by atoms with E-state index < -0.39 is 18.1 Å². The fraction of sp³-hybridized carbons (Fsp3) is 0.833. The average Bonchev–Trinajstić information content (AvgIpc) is 3.06. The summed E-state index contributed by atoms with van der Waals surface area (Å²) < 4.78 is 17.1. The third-order valence-corrected chi connectivity index (χ3v) is 9.10. The first-order chi connectivity index (χ1) is 24.1. The van der Waals surface area contributed by atoms with Crippen molar-refractivity contribution in [3.05, 3.63) is 24.3 Å². The van der Waals surface area contributed by atoms with Gasteiger partial charge in [-0.1, -0.05) is 141 Å². The molecule has 0 aliphatic heterocycles. The number of hydrogen-bond donors (Lipinski definition) is 0. The minimum atomic E-state index is -1.13. The zero-order valence-corrected chi connectivity index (χ0v) is 33.1. The molecule has 50 heavy (non-hydrogen) atoms. The fourth-order valence-corrected chi connectivity index (χ4v) is 5.93. The van der Waals surface area contributed by atoms with Gasteiger partial charge in [-0.2, -0.15) is 0 Å². The molecule has 0 bridgehead atoms. The number of carboxylic acid groups (broad SMARTS) is 1. The van der Waals surface area contributed by atoms with E-state index in [1.54, 1.807) is 21.1 Å². The first-order valence-electron chi connectivity index (χ1n) is 20.4. The summed E-state index contributed by atoms with van der Waals surface area (Å²) in [5, 5.41) is 11.6. The summed E-state index contributed by atoms with van der Waals surface area (Å²) in [4.78, 5) is 36.6. The average molecular weight is 708 g/mol. The molecular weight excluding hydrogens is 630 g/mol. The summed E-state index contributed by atoms with van der Waals surface area (Å²) in [6.45, 7) is 4.50. The smallest absolute Gasteiger partial charge is 0.306 e. The molecule has 0 aromatic heterocycles. The predicted molar refractivity (Wildman–Crippen MR) is 204 cm³/mol. The van der Waals surface area contributed by atoms with Crippen molar-refractivity contribution >= 4 is 17.9 Å². The maximum Gasteiger partial charge on any atom is 0.306 e. The largest absolute Gasteiger partial charge is 0.544 e. The number of esters is 2. The number of unbranched alkanes of at least 4 members (excludes halogenated alkanes) is 18. The molecule has 0 aromatic rings. The Hall–Kier alpha value is -2.19. The number of aliphatic carboxylic acids is 1. The fourth-order valence-electron chi connectivity index (χ4n) is 5.93. The maximum atomic E-state index is 12.7. The van der Waals surface area contributed by atoms with Gasteiger partial charge < -0.3 is 28.6 Å². The molecule has 0 N–H and O–H groups in total. The summed E-state index contributed by atoms with van der Waals surface area (Å²) >= 11 is 0. The van der Waals surface area contributed by atoms with Crippen molar-refractivity contribution in [2.45, 2.75) is 187 Å². The lowest BCUT2D eigenvalue weighted by molar-refractivity contribution is -0.889. The van der Waals surface area contributed by atoms with E-state index in [9.17, 15) is 19.5 Å². The van der Waals surface area contributed by atoms with E-state index in [2.05, 4.69) is 38.2 Å². The molecule has 0 saturated heterocycles. The van der Waals surface area contributed by atoms with Crippen LogP contribution in [0.4, 0.5) is 0 Å². The molecule has 0 aliphatic carbocycles. The van der Waals surface area contributed by atoms with Crippen LogP contribution in [0.5, 0.6) is 0 Å². The van der Waals surface area contributed by atoms with Crippen LogP contribution in [-0.2, 0) is 28.6 Å². The van der Waals surface area contributed by atoms with E-state index in [4.69, 9.17) is 14.2 Å². The molecule has 0 rings (SSSR count). The van der Waals surface area contributed by atoms with Gasteiger partial charge in [-0.3, -0.25) is 9.59 Å². The van der Waals surface area contributed by atoms with Crippen LogP contribution in [-0.4, -0.2) is 75.5 Å². The highest BCUT2D eigenvalue weighted by molar-refractivity contribution is 5.70. The number of nitrogens with zero attached hydrogens (tertiary/aromatic N) is 1. The number of carbonyl (C=O) groups excluding carboxylic acids is 3. The van der Waals surface area contributed by atoms with E-state index in [0.29, 0.717) is 12.8 Å². The lowest BCUT2D eigenvalue weighted by atomic mass is 10.0. The van der Waals surface area contributed by atoms with Gasteiger partial charge in [-0.25, -0.2) is 0 Å². The van der Waals surface area contributed by atoms with Crippen LogP contribution in [0.25, 0.3) is 0 Å². The maximum absolute atomic E-state index is 12.7. The molecule has 0 aliphatic rings. The summed E-state index contributed by atoms with van der Waals surface area (Å²) in [5.41, 5.74) is 0. The van der Waals surface area contributed by atoms with Crippen molar-refractivity contribution in [3.63, 3.8) is 0 Å². The summed E-state index contributed by atoms with van der Waals surface area (Å²) in [6, 6.07) is -0.726. The number of ether oxygens (including phenoxy) is 3. The number of quaternary nitrogens is 1. The lowest BCUT2D eigenvalue weighted by Crippen LogP contribution is -2.55. The Bertz CT molecular complexity index is 880. The van der Waals surface area contributed by atoms with Gasteiger partial charge in [0.1, 0.15) is 12.6 Å². The van der Waals surface area contributed by atoms with Crippen molar-refractivity contribution in [2.75, 3.05) is 41.0 Å². The number of allylic oxidation sites excluding steroid dienone is 4. The highest BCUT2D eigenvalue weighted by atomic mass is 16.6. The molecule has 8 nitrogen and oxygen atoms in total. The molecule has 292 valence electrons. The van der Waals surface area contributed by atoms with E-state index >= 15 is 0 Å². The van der Waals surface area contributed by atoms with E-state index in [0.717, 1.165) is 51.4 Å². The van der Waals surface area contributed by atoms with Gasteiger partial charge in [-0.05, 0) is 38.5 Å². The van der Waals surface area contributed by atoms with Crippen LogP contribution in [0.2, 0.25) is 0 Å². The predicted octanol–water partition coefficient (Wildman–Crippen LogP) is 9.19. The Labute approximate surface area is 307 Å². The molecule has 8 heteroatoms. The standard InChI is InChI=1S/C42H77NO7/c1-6-8-10-12-14-16-17-18-19-20-21-22-23-25-27-29-31-33-41(45)50-38(36-48-35-34-39(42(46)47)43(3,4)5)37-49-40(44)32-30-28-26-24-15-13-11-9-7-2/h9,11,15,24,38-39H,6-8,10,12-14,16-23,25-37H2,1-5H3/b11-9+,24-15+. The van der Waals surface area contributed by atoms with Crippen molar-refractivity contribution in [3.8, 4) is 0 Å². The van der Waals surface area contributed by atoms with Crippen molar-refractivity contribution in [1.29, 1.82) is 0 Å². The molecule has 0 radical (unpaired) electrons. The first kappa shape index (κ1) is 47.8. The molecule has 0 saturated carbocycles. The molecule has 0 fully saturated rings. The van der Waals surface area contributed by atoms with Crippen LogP contribution >= 0.6 is 0 Å². The zero-order chi connectivity index (χ0) is 37.1. The van der Waals surface area contributed by atoms with Gasteiger partial charge in [0.2, 0.25) is 0 Å². The molecule has 2 atom stereocenters. The van der Waals surface area contributed by atoms with Gasteiger partial charge in [0.15, 0.2) is 6.10 Å². The van der Waals surface area contributed by atoms with Gasteiger partial charge in [0.05, 0.1) is 40.3 Å². The quantitative estimate of drug-likeness (QED) is 0.0277. The third-order valence-electron chi connectivity index (χ3n) is 9.10. The van der Waals surface area contributed by atoms with E-state index in [-0.39, 0.29) is 42.7 Å². The van der Waals surface area contributed by atoms with Crippen LogP contribution in [0.1, 0.15) is 174 Å². The number of likely N-dealkylation sites (N-methyl/N-ethyl adjacent to an activating group) is 1. The second-order valence-electron chi connectivity index (χ2n) is 14.8. The highest BCUT2D eigenvalue weighted by Crippen LogP contribution is 2.15. The number of rotatable bonds is 36. The van der Waals surface area contributed by atoms with Gasteiger partial charge >= 0.3 is 11.9 Å². The second kappa shape index (κ2) is 33.9. The summed E-state index contributed by atoms with van der Waals surface area (Å²) in [7, 11) is 5.39.